The molecule has 0 aliphatic rings. The lowest BCUT2D eigenvalue weighted by Crippen LogP contribution is -2.01. The van der Waals surface area contributed by atoms with Crippen LogP contribution in [0.4, 0.5) is 0 Å². The van der Waals surface area contributed by atoms with Crippen molar-refractivity contribution in [2.45, 2.75) is 33.3 Å². The second-order valence-electron chi connectivity index (χ2n) is 7.07. The Hall–Kier alpha value is -2.57. The molecule has 0 unspecified atom stereocenters. The van der Waals surface area contributed by atoms with E-state index in [1.165, 1.54) is 4.88 Å². The summed E-state index contributed by atoms with van der Waals surface area (Å²) in [4.78, 5) is 14.6. The van der Waals surface area contributed by atoms with Crippen molar-refractivity contribution in [3.05, 3.63) is 80.0 Å². The van der Waals surface area contributed by atoms with Gasteiger partial charge in [0.25, 0.3) is 0 Å². The molecule has 1 aromatic heterocycles. The normalized spacial score (nSPS) is 11.0. The molecule has 0 bridgehead atoms. The quantitative estimate of drug-likeness (QED) is 0.198. The minimum absolute atomic E-state index is 0.00249. The smallest absolute Gasteiger partial charge is 0.195 e. The second-order valence-corrected chi connectivity index (χ2v) is 9.06. The number of methoxy groups -OCH3 is 1. The number of ether oxygens (including phenoxy) is 3. The fraction of sp³-hybridized carbons (Fsp3) is 0.269. The molecule has 0 aliphatic carbocycles. The summed E-state index contributed by atoms with van der Waals surface area (Å²) < 4.78 is 18.1. The van der Waals surface area contributed by atoms with Gasteiger partial charge in [0.05, 0.1) is 18.6 Å². The lowest BCUT2D eigenvalue weighted by atomic mass is 10.1. The van der Waals surface area contributed by atoms with E-state index in [4.69, 9.17) is 14.2 Å². The number of hydrogen-bond acceptors (Lipinski definition) is 5. The molecule has 0 aliphatic heterocycles. The van der Waals surface area contributed by atoms with Crippen LogP contribution in [0.3, 0.4) is 0 Å². The molecule has 3 aromatic rings. The lowest BCUT2D eigenvalue weighted by molar-refractivity contribution is 0.105. The molecule has 3 rings (SSSR count). The summed E-state index contributed by atoms with van der Waals surface area (Å²) in [7, 11) is 1.63. The third-order valence-corrected chi connectivity index (χ3v) is 6.92. The summed E-state index contributed by atoms with van der Waals surface area (Å²) in [6, 6.07) is 15.3. The number of allylic oxidation sites excluding steroid dienone is 1. The lowest BCUT2D eigenvalue weighted by Gasteiger charge is -2.14. The number of para-hydroxylation sites is 2. The molecule has 2 aromatic carbocycles. The first-order chi connectivity index (χ1) is 15.5. The van der Waals surface area contributed by atoms with Crippen molar-refractivity contribution < 1.29 is 19.0 Å². The standard InChI is InChI=1S/C26H27BrO4S/c1-4-8-25-20(27)16-26(32-25)21(28)13-11-18-12-14-22(29-3)19(15-18)17-31-24-10-7-6-9-23(24)30-5-2/h6-7,9-16H,4-5,8,17H2,1-3H3/b13-11+. The SMILES string of the molecule is CCCc1sc(C(=O)/C=C/c2ccc(OC)c(COc3ccccc3OCC)c2)cc1Br. The molecule has 0 N–H and O–H groups in total. The number of hydrogen-bond donors (Lipinski definition) is 0. The minimum atomic E-state index is -0.00249. The first-order valence-electron chi connectivity index (χ1n) is 10.6. The second kappa shape index (κ2) is 11.9. The largest absolute Gasteiger partial charge is 0.496 e. The zero-order chi connectivity index (χ0) is 22.9. The number of carbonyl (C=O) groups excluding carboxylic acids is 1. The fourth-order valence-electron chi connectivity index (χ4n) is 3.19. The summed E-state index contributed by atoms with van der Waals surface area (Å²) >= 11 is 5.10. The van der Waals surface area contributed by atoms with Crippen LogP contribution in [0.15, 0.2) is 59.1 Å². The van der Waals surface area contributed by atoms with Gasteiger partial charge in [-0.05, 0) is 71.2 Å². The van der Waals surface area contributed by atoms with Gasteiger partial charge in [0.15, 0.2) is 17.3 Å². The maximum atomic E-state index is 12.6. The number of rotatable bonds is 11. The number of ketones is 1. The Kier molecular flexibility index (Phi) is 8.94. The van der Waals surface area contributed by atoms with E-state index in [-0.39, 0.29) is 5.78 Å². The van der Waals surface area contributed by atoms with Gasteiger partial charge in [0, 0.05) is 14.9 Å². The van der Waals surface area contributed by atoms with Crippen molar-refractivity contribution in [3.63, 3.8) is 0 Å². The Bertz CT molecular complexity index is 1090. The van der Waals surface area contributed by atoms with E-state index in [2.05, 4.69) is 22.9 Å². The van der Waals surface area contributed by atoms with Crippen LogP contribution in [0, 0.1) is 0 Å². The highest BCUT2D eigenvalue weighted by molar-refractivity contribution is 9.10. The molecule has 0 radical (unpaired) electrons. The van der Waals surface area contributed by atoms with E-state index in [1.807, 2.05) is 61.5 Å². The first-order valence-corrected chi connectivity index (χ1v) is 12.2. The molecule has 1 heterocycles. The van der Waals surface area contributed by atoms with Crippen molar-refractivity contribution in [3.8, 4) is 17.2 Å². The van der Waals surface area contributed by atoms with E-state index >= 15 is 0 Å². The Morgan fingerprint density at radius 2 is 1.78 bits per heavy atom. The van der Waals surface area contributed by atoms with Gasteiger partial charge in [-0.2, -0.15) is 0 Å². The molecule has 0 atom stereocenters. The zero-order valence-corrected chi connectivity index (χ0v) is 20.9. The van der Waals surface area contributed by atoms with Crippen molar-refractivity contribution in [2.75, 3.05) is 13.7 Å². The third kappa shape index (κ3) is 6.24. The summed E-state index contributed by atoms with van der Waals surface area (Å²) in [5, 5.41) is 0. The summed E-state index contributed by atoms with van der Waals surface area (Å²) in [5.41, 5.74) is 1.79. The van der Waals surface area contributed by atoms with Crippen molar-refractivity contribution in [1.82, 2.24) is 0 Å². The summed E-state index contributed by atoms with van der Waals surface area (Å²) in [5.74, 6) is 2.12. The monoisotopic (exact) mass is 514 g/mol. The van der Waals surface area contributed by atoms with Gasteiger partial charge in [-0.15, -0.1) is 11.3 Å². The predicted molar refractivity (Wildman–Crippen MR) is 134 cm³/mol. The highest BCUT2D eigenvalue weighted by Crippen LogP contribution is 2.30. The number of halogens is 1. The Balaban J connectivity index is 1.74. The van der Waals surface area contributed by atoms with E-state index in [1.54, 1.807) is 24.5 Å². The molecule has 0 saturated heterocycles. The van der Waals surface area contributed by atoms with Crippen LogP contribution >= 0.6 is 27.3 Å². The van der Waals surface area contributed by atoms with Crippen LogP contribution in [0.5, 0.6) is 17.2 Å². The highest BCUT2D eigenvalue weighted by Gasteiger charge is 2.12. The van der Waals surface area contributed by atoms with E-state index < -0.39 is 0 Å². The van der Waals surface area contributed by atoms with Crippen LogP contribution in [-0.2, 0) is 13.0 Å². The molecule has 0 amide bonds. The first kappa shape index (κ1) is 24.1. The average molecular weight is 515 g/mol. The third-order valence-electron chi connectivity index (χ3n) is 4.74. The van der Waals surface area contributed by atoms with E-state index in [0.717, 1.165) is 39.1 Å². The molecule has 0 fully saturated rings. The number of carbonyl (C=O) groups is 1. The topological polar surface area (TPSA) is 44.8 Å². The van der Waals surface area contributed by atoms with Gasteiger partial charge in [-0.25, -0.2) is 0 Å². The Morgan fingerprint density at radius 3 is 2.47 bits per heavy atom. The number of benzene rings is 2. The van der Waals surface area contributed by atoms with Gasteiger partial charge in [0.1, 0.15) is 12.4 Å². The minimum Gasteiger partial charge on any atom is -0.496 e. The predicted octanol–water partition coefficient (Wildman–Crippen LogP) is 7.35. The van der Waals surface area contributed by atoms with Gasteiger partial charge < -0.3 is 14.2 Å². The average Bonchev–Trinajstić information content (AvgIpc) is 3.17. The summed E-state index contributed by atoms with van der Waals surface area (Å²) in [6.45, 7) is 4.96. The van der Waals surface area contributed by atoms with Crippen molar-refractivity contribution >= 4 is 39.1 Å². The molecular formula is C26H27BrO4S. The Labute approximate surface area is 202 Å². The van der Waals surface area contributed by atoms with Gasteiger partial charge in [0.2, 0.25) is 0 Å². The van der Waals surface area contributed by atoms with Gasteiger partial charge >= 0.3 is 0 Å². The molecule has 0 saturated carbocycles. The highest BCUT2D eigenvalue weighted by atomic mass is 79.9. The molecular weight excluding hydrogens is 488 g/mol. The number of thiophene rings is 1. The van der Waals surface area contributed by atoms with Crippen LogP contribution < -0.4 is 14.2 Å². The maximum Gasteiger partial charge on any atom is 0.195 e. The maximum absolute atomic E-state index is 12.6. The Morgan fingerprint density at radius 1 is 1.03 bits per heavy atom. The zero-order valence-electron chi connectivity index (χ0n) is 18.5. The van der Waals surface area contributed by atoms with Crippen LogP contribution in [0.1, 0.15) is 45.9 Å². The van der Waals surface area contributed by atoms with E-state index in [0.29, 0.717) is 24.7 Å². The van der Waals surface area contributed by atoms with Crippen LogP contribution in [0.25, 0.3) is 6.08 Å². The van der Waals surface area contributed by atoms with Crippen molar-refractivity contribution in [2.24, 2.45) is 0 Å². The molecule has 0 spiro atoms. The fourth-order valence-corrected chi connectivity index (χ4v) is 5.09. The van der Waals surface area contributed by atoms with Crippen LogP contribution in [0.2, 0.25) is 0 Å². The van der Waals surface area contributed by atoms with E-state index in [9.17, 15) is 4.79 Å². The van der Waals surface area contributed by atoms with Gasteiger partial charge in [-0.3, -0.25) is 4.79 Å². The molecule has 4 nitrogen and oxygen atoms in total. The molecule has 168 valence electrons. The number of aryl methyl sites for hydroxylation is 1. The molecule has 32 heavy (non-hydrogen) atoms. The molecule has 6 heteroatoms. The summed E-state index contributed by atoms with van der Waals surface area (Å²) in [6.07, 6.45) is 5.46. The van der Waals surface area contributed by atoms with Crippen LogP contribution in [-0.4, -0.2) is 19.5 Å². The van der Waals surface area contributed by atoms with Crippen molar-refractivity contribution in [1.29, 1.82) is 0 Å². The van der Waals surface area contributed by atoms with Gasteiger partial charge in [-0.1, -0.05) is 37.6 Å².